The van der Waals surface area contributed by atoms with Crippen molar-refractivity contribution in [3.05, 3.63) is 101 Å². The fourth-order valence-electron chi connectivity index (χ4n) is 4.93. The maximum Gasteiger partial charge on any atom is 0.328 e. The first kappa shape index (κ1) is 20.6. The maximum atomic E-state index is 14.2. The number of hydrogen-bond acceptors (Lipinski definition) is 5. The number of benzene rings is 3. The van der Waals surface area contributed by atoms with Crippen molar-refractivity contribution < 1.29 is 9.13 Å². The van der Waals surface area contributed by atoms with Crippen molar-refractivity contribution in [3.8, 4) is 23.0 Å². The number of nitrogens with one attached hydrogen (secondary N) is 1. The summed E-state index contributed by atoms with van der Waals surface area (Å²) in [6.07, 6.45) is 2.17. The average Bonchev–Trinajstić information content (AvgIpc) is 3.49. The molecule has 3 aromatic heterocycles. The molecule has 3 aromatic carbocycles. The lowest BCUT2D eigenvalue weighted by Gasteiger charge is -2.26. The SMILES string of the molecule is O=c1[nH]c2c(-c3ccccc3)nc(-n3cnc4ccccc43)nc2n1C1CCOc2ccc(F)cc21. The highest BCUT2D eigenvalue weighted by atomic mass is 19.1. The Morgan fingerprint density at radius 2 is 1.83 bits per heavy atom. The molecule has 0 fully saturated rings. The summed E-state index contributed by atoms with van der Waals surface area (Å²) in [5, 5.41) is 0. The second-order valence-corrected chi connectivity index (χ2v) is 8.68. The van der Waals surface area contributed by atoms with Crippen LogP contribution in [0, 0.1) is 5.82 Å². The van der Waals surface area contributed by atoms with Gasteiger partial charge in [0.05, 0.1) is 23.7 Å². The van der Waals surface area contributed by atoms with Crippen molar-refractivity contribution in [1.29, 1.82) is 0 Å². The number of imidazole rings is 2. The zero-order chi connectivity index (χ0) is 24.2. The van der Waals surface area contributed by atoms with Crippen LogP contribution in [0.1, 0.15) is 18.0 Å². The Balaban J connectivity index is 1.53. The van der Waals surface area contributed by atoms with Crippen molar-refractivity contribution in [3.63, 3.8) is 0 Å². The minimum atomic E-state index is -0.448. The van der Waals surface area contributed by atoms with Gasteiger partial charge >= 0.3 is 5.69 Å². The Kier molecular flexibility index (Phi) is 4.50. The topological polar surface area (TPSA) is 90.6 Å². The number of nitrogens with zero attached hydrogens (tertiary/aromatic N) is 5. The van der Waals surface area contributed by atoms with Crippen LogP contribution in [0.3, 0.4) is 0 Å². The molecule has 0 saturated heterocycles. The third-order valence-corrected chi connectivity index (χ3v) is 6.56. The molecule has 0 bridgehead atoms. The molecule has 1 aliphatic rings. The number of rotatable bonds is 3. The van der Waals surface area contributed by atoms with Crippen LogP contribution in [-0.4, -0.2) is 35.7 Å². The number of para-hydroxylation sites is 2. The molecular formula is C27H19FN6O2. The molecule has 7 rings (SSSR count). The highest BCUT2D eigenvalue weighted by Gasteiger charge is 2.29. The Labute approximate surface area is 203 Å². The maximum absolute atomic E-state index is 14.2. The predicted molar refractivity (Wildman–Crippen MR) is 133 cm³/mol. The van der Waals surface area contributed by atoms with E-state index in [1.54, 1.807) is 21.5 Å². The van der Waals surface area contributed by atoms with Crippen LogP contribution in [0.15, 0.2) is 83.9 Å². The summed E-state index contributed by atoms with van der Waals surface area (Å²) in [6, 6.07) is 21.3. The van der Waals surface area contributed by atoms with Gasteiger partial charge in [0.2, 0.25) is 5.95 Å². The van der Waals surface area contributed by atoms with Gasteiger partial charge in [-0.05, 0) is 30.3 Å². The number of fused-ring (bicyclic) bond motifs is 3. The average molecular weight is 478 g/mol. The van der Waals surface area contributed by atoms with Gasteiger partial charge in [-0.3, -0.25) is 9.13 Å². The molecule has 176 valence electrons. The van der Waals surface area contributed by atoms with Gasteiger partial charge in [0.15, 0.2) is 5.65 Å². The summed E-state index contributed by atoms with van der Waals surface area (Å²) >= 11 is 0. The lowest BCUT2D eigenvalue weighted by molar-refractivity contribution is 0.255. The van der Waals surface area contributed by atoms with Gasteiger partial charge in [0, 0.05) is 17.5 Å². The minimum absolute atomic E-state index is 0.341. The van der Waals surface area contributed by atoms with E-state index in [0.717, 1.165) is 16.6 Å². The molecule has 1 unspecified atom stereocenters. The molecule has 9 heteroatoms. The normalized spacial score (nSPS) is 15.2. The van der Waals surface area contributed by atoms with E-state index in [1.165, 1.54) is 12.1 Å². The number of hydrogen-bond donors (Lipinski definition) is 1. The van der Waals surface area contributed by atoms with Crippen LogP contribution >= 0.6 is 0 Å². The molecule has 0 saturated carbocycles. The van der Waals surface area contributed by atoms with E-state index in [2.05, 4.69) is 9.97 Å². The zero-order valence-corrected chi connectivity index (χ0v) is 18.9. The smallest absolute Gasteiger partial charge is 0.328 e. The Morgan fingerprint density at radius 3 is 2.72 bits per heavy atom. The van der Waals surface area contributed by atoms with Crippen LogP contribution in [0.2, 0.25) is 0 Å². The Morgan fingerprint density at radius 1 is 1.00 bits per heavy atom. The quantitative estimate of drug-likeness (QED) is 0.400. The van der Waals surface area contributed by atoms with E-state index in [1.807, 2.05) is 54.6 Å². The van der Waals surface area contributed by atoms with E-state index < -0.39 is 6.04 Å². The van der Waals surface area contributed by atoms with Gasteiger partial charge in [0.25, 0.3) is 0 Å². The van der Waals surface area contributed by atoms with E-state index >= 15 is 0 Å². The van der Waals surface area contributed by atoms with Crippen molar-refractivity contribution in [2.45, 2.75) is 12.5 Å². The van der Waals surface area contributed by atoms with E-state index in [4.69, 9.17) is 14.7 Å². The second-order valence-electron chi connectivity index (χ2n) is 8.68. The number of ether oxygens (including phenoxy) is 1. The summed E-state index contributed by atoms with van der Waals surface area (Å²) in [5.74, 6) is 0.559. The van der Waals surface area contributed by atoms with Crippen LogP contribution in [0.25, 0.3) is 39.4 Å². The first-order chi connectivity index (χ1) is 17.7. The third-order valence-electron chi connectivity index (χ3n) is 6.56. The number of aromatic amines is 1. The van der Waals surface area contributed by atoms with Gasteiger partial charge < -0.3 is 9.72 Å². The fraction of sp³-hybridized carbons (Fsp3) is 0.111. The van der Waals surface area contributed by atoms with Crippen molar-refractivity contribution in [2.24, 2.45) is 0 Å². The third kappa shape index (κ3) is 3.13. The summed E-state index contributed by atoms with van der Waals surface area (Å²) in [6.45, 7) is 0.401. The predicted octanol–water partition coefficient (Wildman–Crippen LogP) is 4.64. The highest BCUT2D eigenvalue weighted by molar-refractivity contribution is 5.88. The molecule has 4 heterocycles. The molecule has 0 radical (unpaired) electrons. The van der Waals surface area contributed by atoms with Gasteiger partial charge in [-0.15, -0.1) is 0 Å². The van der Waals surface area contributed by atoms with Crippen molar-refractivity contribution >= 4 is 22.2 Å². The van der Waals surface area contributed by atoms with E-state index in [0.29, 0.717) is 47.1 Å². The standard InChI is InChI=1S/C27H19FN6O2/c28-17-10-11-22-18(14-17)20(12-13-36-22)34-25-24(31-27(34)35)23(16-6-2-1-3-7-16)30-26(32-25)33-15-29-19-8-4-5-9-21(19)33/h1-11,14-15,20H,12-13H2,(H,31,35). The van der Waals surface area contributed by atoms with Crippen LogP contribution < -0.4 is 10.4 Å². The summed E-state index contributed by atoms with van der Waals surface area (Å²) in [5.41, 5.74) is 4.30. The van der Waals surface area contributed by atoms with Gasteiger partial charge in [-0.1, -0.05) is 42.5 Å². The van der Waals surface area contributed by atoms with Gasteiger partial charge in [0.1, 0.15) is 29.1 Å². The lowest BCUT2D eigenvalue weighted by atomic mass is 10.00. The largest absolute Gasteiger partial charge is 0.493 e. The molecule has 1 aliphatic heterocycles. The molecular weight excluding hydrogens is 459 g/mol. The number of H-pyrrole nitrogens is 1. The van der Waals surface area contributed by atoms with Crippen molar-refractivity contribution in [2.75, 3.05) is 6.61 Å². The van der Waals surface area contributed by atoms with Gasteiger partial charge in [-0.25, -0.2) is 19.2 Å². The zero-order valence-electron chi connectivity index (χ0n) is 18.9. The molecule has 0 spiro atoms. The van der Waals surface area contributed by atoms with Crippen LogP contribution in [0.4, 0.5) is 4.39 Å². The molecule has 36 heavy (non-hydrogen) atoms. The van der Waals surface area contributed by atoms with Crippen LogP contribution in [0.5, 0.6) is 5.75 Å². The second kappa shape index (κ2) is 7.88. The summed E-state index contributed by atoms with van der Waals surface area (Å²) in [7, 11) is 0. The lowest BCUT2D eigenvalue weighted by Crippen LogP contribution is -2.28. The molecule has 0 aliphatic carbocycles. The first-order valence-corrected chi connectivity index (χ1v) is 11.6. The van der Waals surface area contributed by atoms with E-state index in [-0.39, 0.29) is 11.5 Å². The molecule has 1 N–H and O–H groups in total. The molecule has 6 aromatic rings. The fourth-order valence-corrected chi connectivity index (χ4v) is 4.93. The summed E-state index contributed by atoms with van der Waals surface area (Å²) in [4.78, 5) is 30.6. The monoisotopic (exact) mass is 478 g/mol. The molecule has 1 atom stereocenters. The van der Waals surface area contributed by atoms with E-state index in [9.17, 15) is 9.18 Å². The number of aromatic nitrogens is 6. The molecule has 8 nitrogen and oxygen atoms in total. The highest BCUT2D eigenvalue weighted by Crippen LogP contribution is 2.37. The summed E-state index contributed by atoms with van der Waals surface area (Å²) < 4.78 is 23.4. The van der Waals surface area contributed by atoms with Gasteiger partial charge in [-0.2, -0.15) is 4.98 Å². The Bertz CT molecular complexity index is 1820. The minimum Gasteiger partial charge on any atom is -0.493 e. The number of halogens is 1. The van der Waals surface area contributed by atoms with Crippen molar-refractivity contribution in [1.82, 2.24) is 29.1 Å². The van der Waals surface area contributed by atoms with Crippen LogP contribution in [-0.2, 0) is 0 Å². The first-order valence-electron chi connectivity index (χ1n) is 11.6. The Hall–Kier alpha value is -4.79. The molecule has 0 amide bonds.